The maximum absolute atomic E-state index is 11.5. The van der Waals surface area contributed by atoms with Gasteiger partial charge in [0.25, 0.3) is 0 Å². The number of hydrogen-bond donors (Lipinski definition) is 1. The smallest absolute Gasteiger partial charge is 0.310 e. The second kappa shape index (κ2) is 6.39. The molecule has 0 fully saturated rings. The van der Waals surface area contributed by atoms with Crippen LogP contribution in [-0.2, 0) is 11.2 Å². The summed E-state index contributed by atoms with van der Waals surface area (Å²) in [6, 6.07) is 7.54. The number of halogens is 1. The third-order valence-corrected chi connectivity index (χ3v) is 4.40. The van der Waals surface area contributed by atoms with Crippen molar-refractivity contribution in [1.82, 2.24) is 10.1 Å². The van der Waals surface area contributed by atoms with Gasteiger partial charge in [-0.2, -0.15) is 4.98 Å². The minimum atomic E-state index is -0.844. The lowest BCUT2D eigenvalue weighted by molar-refractivity contribution is -0.149. The Bertz CT molecular complexity index is 618. The van der Waals surface area contributed by atoms with E-state index in [0.29, 0.717) is 24.6 Å². The van der Waals surface area contributed by atoms with E-state index in [1.165, 1.54) is 0 Å². The minimum Gasteiger partial charge on any atom is -0.481 e. The highest BCUT2D eigenvalue weighted by atomic mass is 79.9. The van der Waals surface area contributed by atoms with Gasteiger partial charge in [-0.25, -0.2) is 0 Å². The van der Waals surface area contributed by atoms with Crippen LogP contribution in [-0.4, -0.2) is 21.2 Å². The molecule has 2 aromatic rings. The molecule has 21 heavy (non-hydrogen) atoms. The van der Waals surface area contributed by atoms with Gasteiger partial charge in [0.2, 0.25) is 11.7 Å². The van der Waals surface area contributed by atoms with Crippen molar-refractivity contribution in [3.05, 3.63) is 34.6 Å². The van der Waals surface area contributed by atoms with Gasteiger partial charge in [-0.05, 0) is 37.1 Å². The normalized spacial score (nSPS) is 11.6. The van der Waals surface area contributed by atoms with E-state index < -0.39 is 11.4 Å². The summed E-state index contributed by atoms with van der Waals surface area (Å²) in [5.74, 6) is 0.0129. The lowest BCUT2D eigenvalue weighted by Crippen LogP contribution is -2.32. The fourth-order valence-electron chi connectivity index (χ4n) is 2.21. The van der Waals surface area contributed by atoms with Crippen LogP contribution in [0.25, 0.3) is 11.4 Å². The average Bonchev–Trinajstić information content (AvgIpc) is 2.93. The van der Waals surface area contributed by atoms with Crippen LogP contribution in [0.4, 0.5) is 0 Å². The molecule has 0 saturated heterocycles. The van der Waals surface area contributed by atoms with E-state index in [1.54, 1.807) is 0 Å². The van der Waals surface area contributed by atoms with Gasteiger partial charge in [0.1, 0.15) is 0 Å². The molecular weight excluding hydrogens is 336 g/mol. The lowest BCUT2D eigenvalue weighted by Gasteiger charge is -2.24. The third-order valence-electron chi connectivity index (χ3n) is 3.87. The van der Waals surface area contributed by atoms with E-state index in [2.05, 4.69) is 26.1 Å². The summed E-state index contributed by atoms with van der Waals surface area (Å²) in [5.41, 5.74) is -0.00843. The molecule has 0 bridgehead atoms. The molecule has 6 heteroatoms. The first-order valence-electron chi connectivity index (χ1n) is 6.82. The van der Waals surface area contributed by atoms with Crippen molar-refractivity contribution in [2.75, 3.05) is 0 Å². The Balaban J connectivity index is 2.23. The van der Waals surface area contributed by atoms with E-state index in [4.69, 9.17) is 4.52 Å². The minimum absolute atomic E-state index is 0.249. The highest BCUT2D eigenvalue weighted by molar-refractivity contribution is 9.10. The maximum Gasteiger partial charge on any atom is 0.310 e. The van der Waals surface area contributed by atoms with Crippen molar-refractivity contribution < 1.29 is 14.4 Å². The molecule has 0 unspecified atom stereocenters. The Hall–Kier alpha value is -1.69. The van der Waals surface area contributed by atoms with Crippen molar-refractivity contribution in [3.8, 4) is 11.4 Å². The number of rotatable bonds is 6. The molecule has 1 aromatic heterocycles. The Morgan fingerprint density at radius 3 is 2.43 bits per heavy atom. The zero-order valence-electron chi connectivity index (χ0n) is 12.0. The molecule has 0 spiro atoms. The van der Waals surface area contributed by atoms with Crippen molar-refractivity contribution in [2.45, 2.75) is 33.1 Å². The highest BCUT2D eigenvalue weighted by Gasteiger charge is 2.37. The molecule has 1 N–H and O–H groups in total. The van der Waals surface area contributed by atoms with E-state index >= 15 is 0 Å². The number of hydrogen-bond acceptors (Lipinski definition) is 4. The van der Waals surface area contributed by atoms with Gasteiger partial charge in [-0.15, -0.1) is 0 Å². The summed E-state index contributed by atoms with van der Waals surface area (Å²) in [6.07, 6.45) is 1.29. The van der Waals surface area contributed by atoms with Gasteiger partial charge in [-0.3, -0.25) is 4.79 Å². The predicted octanol–water partition coefficient (Wildman–Crippen LogP) is 3.93. The third kappa shape index (κ3) is 3.32. The van der Waals surface area contributed by atoms with Crippen molar-refractivity contribution in [2.24, 2.45) is 5.41 Å². The molecule has 0 aliphatic heterocycles. The molecule has 1 heterocycles. The summed E-state index contributed by atoms with van der Waals surface area (Å²) in [6.45, 7) is 3.73. The predicted molar refractivity (Wildman–Crippen MR) is 81.8 cm³/mol. The zero-order valence-corrected chi connectivity index (χ0v) is 13.6. The number of aliphatic carboxylic acids is 1. The summed E-state index contributed by atoms with van der Waals surface area (Å²) in [4.78, 5) is 15.8. The molecule has 0 amide bonds. The van der Waals surface area contributed by atoms with Crippen LogP contribution in [0.1, 0.15) is 32.6 Å². The van der Waals surface area contributed by atoms with E-state index in [9.17, 15) is 9.90 Å². The van der Waals surface area contributed by atoms with Gasteiger partial charge in [0.05, 0.1) is 5.41 Å². The van der Waals surface area contributed by atoms with Crippen LogP contribution >= 0.6 is 15.9 Å². The molecule has 2 rings (SSSR count). The van der Waals surface area contributed by atoms with Gasteiger partial charge in [0, 0.05) is 16.5 Å². The van der Waals surface area contributed by atoms with Crippen molar-refractivity contribution in [3.63, 3.8) is 0 Å². The second-order valence-corrected chi connectivity index (χ2v) is 5.90. The Morgan fingerprint density at radius 1 is 1.29 bits per heavy atom. The largest absolute Gasteiger partial charge is 0.481 e. The molecule has 0 saturated carbocycles. The topological polar surface area (TPSA) is 76.2 Å². The molecule has 1 aromatic carbocycles. The van der Waals surface area contributed by atoms with Gasteiger partial charge in [-0.1, -0.05) is 34.9 Å². The molecular formula is C15H17BrN2O3. The van der Waals surface area contributed by atoms with Gasteiger partial charge < -0.3 is 9.63 Å². The first kappa shape index (κ1) is 15.7. The van der Waals surface area contributed by atoms with Crippen LogP contribution in [0.3, 0.4) is 0 Å². The molecule has 0 aliphatic rings. The summed E-state index contributed by atoms with van der Waals surface area (Å²) >= 11 is 3.37. The van der Waals surface area contributed by atoms with Crippen molar-refractivity contribution in [1.29, 1.82) is 0 Å². The Labute approximate surface area is 131 Å². The number of carboxylic acid groups (broad SMARTS) is 1. The Morgan fingerprint density at radius 2 is 1.90 bits per heavy atom. The van der Waals surface area contributed by atoms with E-state index in [0.717, 1.165) is 10.0 Å². The van der Waals surface area contributed by atoms with Crippen LogP contribution in [0.15, 0.2) is 33.3 Å². The number of nitrogens with zero attached hydrogens (tertiary/aromatic N) is 2. The first-order chi connectivity index (χ1) is 10.0. The standard InChI is InChI=1S/C15H17BrN2O3/c1-3-15(4-2,14(19)20)9-12-17-13(18-21-12)10-5-7-11(16)8-6-10/h5-8H,3-4,9H2,1-2H3,(H,19,20). The molecule has 0 aliphatic carbocycles. The van der Waals surface area contributed by atoms with Gasteiger partial charge >= 0.3 is 5.97 Å². The quantitative estimate of drug-likeness (QED) is 0.851. The van der Waals surface area contributed by atoms with Gasteiger partial charge in [0.15, 0.2) is 0 Å². The van der Waals surface area contributed by atoms with Crippen LogP contribution in [0.2, 0.25) is 0 Å². The number of benzene rings is 1. The number of carboxylic acids is 1. The van der Waals surface area contributed by atoms with Crippen molar-refractivity contribution >= 4 is 21.9 Å². The molecule has 5 nitrogen and oxygen atoms in total. The highest BCUT2D eigenvalue weighted by Crippen LogP contribution is 2.31. The number of carbonyl (C=O) groups is 1. The molecule has 112 valence electrons. The van der Waals surface area contributed by atoms with Crippen LogP contribution in [0.5, 0.6) is 0 Å². The summed E-state index contributed by atoms with van der Waals surface area (Å²) in [7, 11) is 0. The average molecular weight is 353 g/mol. The van der Waals surface area contributed by atoms with E-state index in [-0.39, 0.29) is 6.42 Å². The monoisotopic (exact) mass is 352 g/mol. The second-order valence-electron chi connectivity index (χ2n) is 4.99. The molecule has 0 radical (unpaired) electrons. The fourth-order valence-corrected chi connectivity index (χ4v) is 2.47. The number of aromatic nitrogens is 2. The van der Waals surface area contributed by atoms with Crippen LogP contribution in [0, 0.1) is 5.41 Å². The Kier molecular flexibility index (Phi) is 4.77. The summed E-state index contributed by atoms with van der Waals surface area (Å²) < 4.78 is 6.19. The molecule has 0 atom stereocenters. The lowest BCUT2D eigenvalue weighted by atomic mass is 9.79. The van der Waals surface area contributed by atoms with E-state index in [1.807, 2.05) is 38.1 Å². The fraction of sp³-hybridized carbons (Fsp3) is 0.400. The first-order valence-corrected chi connectivity index (χ1v) is 7.62. The SMILES string of the molecule is CCC(CC)(Cc1nc(-c2ccc(Br)cc2)no1)C(=O)O. The summed E-state index contributed by atoms with van der Waals surface area (Å²) in [5, 5.41) is 13.4. The maximum atomic E-state index is 11.5. The zero-order chi connectivity index (χ0) is 15.5. The van der Waals surface area contributed by atoms with Crippen LogP contribution < -0.4 is 0 Å².